The molecule has 1 saturated carbocycles. The van der Waals surface area contributed by atoms with Crippen molar-refractivity contribution in [1.82, 2.24) is 30.0 Å². The Hall–Kier alpha value is -3.54. The van der Waals surface area contributed by atoms with Crippen molar-refractivity contribution < 1.29 is 23.5 Å². The second-order valence-corrected chi connectivity index (χ2v) is 8.28. The minimum atomic E-state index is -1.14. The molecule has 1 aliphatic heterocycles. The number of benzene rings is 1. The predicted octanol–water partition coefficient (Wildman–Crippen LogP) is 2.48. The fourth-order valence-corrected chi connectivity index (χ4v) is 4.41. The van der Waals surface area contributed by atoms with E-state index in [0.717, 1.165) is 28.4 Å². The van der Waals surface area contributed by atoms with Crippen LogP contribution in [0.4, 0.5) is 13.6 Å². The van der Waals surface area contributed by atoms with Crippen LogP contribution in [-0.2, 0) is 17.9 Å². The molecule has 1 aliphatic carbocycles. The van der Waals surface area contributed by atoms with Crippen LogP contribution in [0.3, 0.4) is 0 Å². The van der Waals surface area contributed by atoms with Gasteiger partial charge in [-0.15, -0.1) is 10.2 Å². The smallest absolute Gasteiger partial charge is 0.328 e. The summed E-state index contributed by atoms with van der Waals surface area (Å²) in [6, 6.07) is 3.25. The van der Waals surface area contributed by atoms with Gasteiger partial charge in [-0.2, -0.15) is 0 Å². The molecule has 0 atom stereocenters. The van der Waals surface area contributed by atoms with Crippen LogP contribution in [0.1, 0.15) is 23.7 Å². The van der Waals surface area contributed by atoms with Gasteiger partial charge in [0.2, 0.25) is 0 Å². The molecule has 1 aromatic carbocycles. The van der Waals surface area contributed by atoms with Gasteiger partial charge in [0.1, 0.15) is 16.4 Å². The third-order valence-electron chi connectivity index (χ3n) is 5.32. The lowest BCUT2D eigenvalue weighted by molar-refractivity contribution is -0.129. The highest BCUT2D eigenvalue weighted by molar-refractivity contribution is 7.14. The van der Waals surface area contributed by atoms with Gasteiger partial charge in [-0.3, -0.25) is 9.69 Å². The van der Waals surface area contributed by atoms with Crippen molar-refractivity contribution in [1.29, 1.82) is 0 Å². The number of carbonyl (C=O) groups excluding carboxylic acids is 2. The molecule has 0 bridgehead atoms. The summed E-state index contributed by atoms with van der Waals surface area (Å²) >= 11 is 0.994. The fraction of sp³-hybridized carbons (Fsp3) is 0.263. The van der Waals surface area contributed by atoms with Gasteiger partial charge in [0.05, 0.1) is 18.7 Å². The highest BCUT2D eigenvalue weighted by atomic mass is 32.1. The lowest BCUT2D eigenvalue weighted by Crippen LogP contribution is -2.36. The van der Waals surface area contributed by atoms with Crippen LogP contribution in [0.15, 0.2) is 30.6 Å². The zero-order valence-electron chi connectivity index (χ0n) is 15.8. The van der Waals surface area contributed by atoms with E-state index in [1.54, 1.807) is 6.07 Å². The van der Waals surface area contributed by atoms with Crippen molar-refractivity contribution in [2.45, 2.75) is 31.5 Å². The van der Waals surface area contributed by atoms with Gasteiger partial charge < -0.3 is 10.0 Å². The fourth-order valence-electron chi connectivity index (χ4n) is 3.56. The summed E-state index contributed by atoms with van der Waals surface area (Å²) < 4.78 is 27.5. The van der Waals surface area contributed by atoms with E-state index in [1.165, 1.54) is 17.3 Å². The summed E-state index contributed by atoms with van der Waals surface area (Å²) in [4.78, 5) is 36.6. The van der Waals surface area contributed by atoms with Crippen molar-refractivity contribution in [2.75, 3.05) is 0 Å². The number of aromatic hydroxyl groups is 1. The van der Waals surface area contributed by atoms with Gasteiger partial charge in [-0.1, -0.05) is 11.3 Å². The minimum Gasteiger partial charge on any atom is -0.503 e. The molecule has 1 saturated heterocycles. The van der Waals surface area contributed by atoms with E-state index >= 15 is 0 Å². The van der Waals surface area contributed by atoms with Gasteiger partial charge in [-0.05, 0) is 31.0 Å². The highest BCUT2D eigenvalue weighted by Gasteiger charge is 2.64. The number of halogens is 2. The summed E-state index contributed by atoms with van der Waals surface area (Å²) in [5, 5.41) is 17.9. The Bertz CT molecular complexity index is 1200. The largest absolute Gasteiger partial charge is 0.503 e. The van der Waals surface area contributed by atoms with E-state index in [1.807, 2.05) is 0 Å². The number of hydrogen-bond donors (Lipinski definition) is 1. The molecule has 12 heteroatoms. The molecule has 0 unspecified atom stereocenters. The molecule has 158 valence electrons. The molecule has 3 amide bonds. The van der Waals surface area contributed by atoms with Gasteiger partial charge >= 0.3 is 6.03 Å². The standard InChI is InChI=1S/C19H14F2N6O3S/c20-11-3-2-10(14(21)15(11)28)16-25-24-13(31-16)9-27-18(30)26(17(29)19(27)4-5-19)8-12-22-6-1-7-23-12/h1-3,6-7,28H,4-5,8-9H2. The zero-order valence-corrected chi connectivity index (χ0v) is 16.6. The molecule has 0 radical (unpaired) electrons. The number of urea groups is 1. The molecule has 2 aromatic heterocycles. The molecule has 31 heavy (non-hydrogen) atoms. The molecule has 3 aromatic rings. The maximum Gasteiger partial charge on any atom is 0.328 e. The average Bonchev–Trinajstić information content (AvgIpc) is 3.41. The molecule has 5 rings (SSSR count). The first-order chi connectivity index (χ1) is 14.9. The Labute approximate surface area is 178 Å². The van der Waals surface area contributed by atoms with Crippen LogP contribution in [0, 0.1) is 11.6 Å². The molecular weight excluding hydrogens is 430 g/mol. The Morgan fingerprint density at radius 3 is 2.55 bits per heavy atom. The quantitative estimate of drug-likeness (QED) is 0.602. The van der Waals surface area contributed by atoms with Crippen molar-refractivity contribution in [3.05, 3.63) is 53.1 Å². The number of imide groups is 1. The number of phenolic OH excluding ortho intramolecular Hbond substituents is 1. The molecule has 3 heterocycles. The first-order valence-corrected chi connectivity index (χ1v) is 10.1. The number of phenols is 1. The van der Waals surface area contributed by atoms with Crippen LogP contribution in [0.5, 0.6) is 5.75 Å². The van der Waals surface area contributed by atoms with Crippen molar-refractivity contribution >= 4 is 23.3 Å². The SMILES string of the molecule is O=C1N(Cc2ncccn2)C(=O)C2(CC2)N1Cc1nnc(-c2ccc(F)c(O)c2F)s1. The Morgan fingerprint density at radius 1 is 1.10 bits per heavy atom. The summed E-state index contributed by atoms with van der Waals surface area (Å²) in [7, 11) is 0. The number of hydrogen-bond acceptors (Lipinski definition) is 8. The van der Waals surface area contributed by atoms with Gasteiger partial charge in [0.15, 0.2) is 22.4 Å². The first kappa shape index (κ1) is 19.4. The normalized spacial score (nSPS) is 17.1. The average molecular weight is 444 g/mol. The van der Waals surface area contributed by atoms with Gasteiger partial charge in [-0.25, -0.2) is 23.5 Å². The monoisotopic (exact) mass is 444 g/mol. The second kappa shape index (κ2) is 7.01. The van der Waals surface area contributed by atoms with Crippen LogP contribution >= 0.6 is 11.3 Å². The highest BCUT2D eigenvalue weighted by Crippen LogP contribution is 2.49. The molecular formula is C19H14F2N6O3S. The van der Waals surface area contributed by atoms with Crippen molar-refractivity contribution in [2.24, 2.45) is 0 Å². The number of amides is 3. The molecule has 2 fully saturated rings. The van der Waals surface area contributed by atoms with E-state index in [9.17, 15) is 23.5 Å². The first-order valence-electron chi connectivity index (χ1n) is 9.30. The van der Waals surface area contributed by atoms with E-state index < -0.39 is 29.0 Å². The zero-order chi connectivity index (χ0) is 21.8. The summed E-state index contributed by atoms with van der Waals surface area (Å²) in [5.74, 6) is -3.26. The number of carbonyl (C=O) groups is 2. The van der Waals surface area contributed by atoms with Gasteiger partial charge in [0.25, 0.3) is 5.91 Å². The maximum atomic E-state index is 14.2. The van der Waals surface area contributed by atoms with Crippen LogP contribution in [0.2, 0.25) is 0 Å². The summed E-state index contributed by atoms with van der Waals surface area (Å²) in [6.45, 7) is -0.0125. The lowest BCUT2D eigenvalue weighted by Gasteiger charge is -2.19. The number of rotatable bonds is 5. The minimum absolute atomic E-state index is 0.0170. The van der Waals surface area contributed by atoms with E-state index in [-0.39, 0.29) is 29.6 Å². The third-order valence-corrected chi connectivity index (χ3v) is 6.26. The van der Waals surface area contributed by atoms with Crippen LogP contribution in [-0.4, -0.2) is 52.5 Å². The predicted molar refractivity (Wildman–Crippen MR) is 102 cm³/mol. The molecule has 9 nitrogen and oxygen atoms in total. The number of nitrogens with zero attached hydrogens (tertiary/aromatic N) is 6. The van der Waals surface area contributed by atoms with Crippen LogP contribution in [0.25, 0.3) is 10.6 Å². The maximum absolute atomic E-state index is 14.2. The van der Waals surface area contributed by atoms with Crippen molar-refractivity contribution in [3.8, 4) is 16.3 Å². The van der Waals surface area contributed by atoms with Crippen molar-refractivity contribution in [3.63, 3.8) is 0 Å². The Morgan fingerprint density at radius 2 is 1.84 bits per heavy atom. The third kappa shape index (κ3) is 3.10. The Balaban J connectivity index is 1.39. The van der Waals surface area contributed by atoms with E-state index in [4.69, 9.17) is 0 Å². The summed E-state index contributed by atoms with van der Waals surface area (Å²) in [6.07, 6.45) is 4.14. The number of aromatic nitrogens is 4. The molecule has 2 aliphatic rings. The van der Waals surface area contributed by atoms with E-state index in [0.29, 0.717) is 23.7 Å². The molecule has 1 N–H and O–H groups in total. The summed E-state index contributed by atoms with van der Waals surface area (Å²) in [5.41, 5.74) is -1.01. The lowest BCUT2D eigenvalue weighted by atomic mass is 10.2. The van der Waals surface area contributed by atoms with Crippen LogP contribution < -0.4 is 0 Å². The second-order valence-electron chi connectivity index (χ2n) is 7.22. The Kier molecular flexibility index (Phi) is 4.39. The molecule has 1 spiro atoms. The topological polar surface area (TPSA) is 112 Å². The van der Waals surface area contributed by atoms with Gasteiger partial charge in [0, 0.05) is 12.4 Å². The van der Waals surface area contributed by atoms with E-state index in [2.05, 4.69) is 20.2 Å².